The molecule has 0 aromatic rings. The van der Waals surface area contributed by atoms with E-state index in [1.165, 1.54) is 12.8 Å². The molecule has 1 unspecified atom stereocenters. The Balaban J connectivity index is 2.27. The lowest BCUT2D eigenvalue weighted by atomic mass is 10.0. The van der Waals surface area contributed by atoms with E-state index in [4.69, 9.17) is 0 Å². The van der Waals surface area contributed by atoms with Crippen molar-refractivity contribution in [1.82, 2.24) is 10.2 Å². The molecule has 0 aromatic carbocycles. The number of hydrogen-bond donors (Lipinski definition) is 1. The summed E-state index contributed by atoms with van der Waals surface area (Å²) in [5.74, 6) is 0.746. The minimum Gasteiger partial charge on any atom is -0.312 e. The van der Waals surface area contributed by atoms with Crippen LogP contribution in [0.1, 0.15) is 33.6 Å². The van der Waals surface area contributed by atoms with E-state index in [1.54, 1.807) is 0 Å². The fourth-order valence-corrected chi connectivity index (χ4v) is 1.71. The van der Waals surface area contributed by atoms with Crippen molar-refractivity contribution in [3.05, 3.63) is 0 Å². The van der Waals surface area contributed by atoms with Gasteiger partial charge in [-0.05, 0) is 32.4 Å². The molecule has 1 rings (SSSR count). The lowest BCUT2D eigenvalue weighted by Crippen LogP contribution is -2.44. The Morgan fingerprint density at radius 2 is 2.00 bits per heavy atom. The summed E-state index contributed by atoms with van der Waals surface area (Å²) in [6.07, 6.45) is 2.78. The van der Waals surface area contributed by atoms with Crippen LogP contribution >= 0.6 is 0 Å². The second-order valence-corrected chi connectivity index (χ2v) is 4.57. The van der Waals surface area contributed by atoms with Gasteiger partial charge in [-0.15, -0.1) is 0 Å². The molecule has 1 aliphatic rings. The van der Waals surface area contributed by atoms with E-state index in [0.717, 1.165) is 25.0 Å². The fourth-order valence-electron chi connectivity index (χ4n) is 1.71. The summed E-state index contributed by atoms with van der Waals surface area (Å²) in [7, 11) is 2.22. The first kappa shape index (κ1) is 11.0. The van der Waals surface area contributed by atoms with E-state index in [0.29, 0.717) is 6.04 Å². The predicted molar refractivity (Wildman–Crippen MR) is 58.0 cm³/mol. The van der Waals surface area contributed by atoms with Crippen molar-refractivity contribution in [1.29, 1.82) is 0 Å². The van der Waals surface area contributed by atoms with Crippen molar-refractivity contribution in [2.45, 2.75) is 45.7 Å². The number of nitrogens with zero attached hydrogens (tertiary/aromatic N) is 1. The highest BCUT2D eigenvalue weighted by molar-refractivity contribution is 4.84. The average molecular weight is 184 g/mol. The minimum atomic E-state index is 0.700. The van der Waals surface area contributed by atoms with Gasteiger partial charge in [0.25, 0.3) is 0 Å². The molecular weight excluding hydrogens is 160 g/mol. The fraction of sp³-hybridized carbons (Fsp3) is 1.00. The summed E-state index contributed by atoms with van der Waals surface area (Å²) in [5, 5.41) is 3.61. The van der Waals surface area contributed by atoms with E-state index < -0.39 is 0 Å². The number of likely N-dealkylation sites (N-methyl/N-ethyl adjacent to an activating group) is 1. The van der Waals surface area contributed by atoms with E-state index in [2.05, 4.69) is 38.0 Å². The normalized spacial score (nSPS) is 19.8. The molecule has 2 heteroatoms. The molecule has 78 valence electrons. The van der Waals surface area contributed by atoms with E-state index in [1.807, 2.05) is 0 Å². The Morgan fingerprint density at radius 3 is 2.38 bits per heavy atom. The van der Waals surface area contributed by atoms with Crippen LogP contribution in [0.25, 0.3) is 0 Å². The first-order valence-corrected chi connectivity index (χ1v) is 5.58. The van der Waals surface area contributed by atoms with Crippen molar-refractivity contribution in [2.24, 2.45) is 5.92 Å². The van der Waals surface area contributed by atoms with Gasteiger partial charge in [0, 0.05) is 18.6 Å². The first-order valence-electron chi connectivity index (χ1n) is 5.58. The van der Waals surface area contributed by atoms with Gasteiger partial charge in [0.05, 0.1) is 0 Å². The molecule has 0 heterocycles. The molecule has 0 aliphatic heterocycles. The van der Waals surface area contributed by atoms with Crippen LogP contribution in [0.4, 0.5) is 0 Å². The second kappa shape index (κ2) is 4.97. The molecular formula is C11H24N2. The van der Waals surface area contributed by atoms with Crippen molar-refractivity contribution >= 4 is 0 Å². The average Bonchev–Trinajstić information content (AvgIpc) is 2.87. The van der Waals surface area contributed by atoms with E-state index in [-0.39, 0.29) is 0 Å². The van der Waals surface area contributed by atoms with Crippen LogP contribution in [0.3, 0.4) is 0 Å². The van der Waals surface area contributed by atoms with Crippen LogP contribution in [0.2, 0.25) is 0 Å². The molecule has 1 atom stereocenters. The Labute approximate surface area is 82.7 Å². The molecule has 1 fully saturated rings. The van der Waals surface area contributed by atoms with Crippen LogP contribution in [0.15, 0.2) is 0 Å². The summed E-state index contributed by atoms with van der Waals surface area (Å²) in [5.41, 5.74) is 0. The van der Waals surface area contributed by atoms with Crippen LogP contribution in [0, 0.1) is 5.92 Å². The summed E-state index contributed by atoms with van der Waals surface area (Å²) in [6, 6.07) is 1.54. The van der Waals surface area contributed by atoms with Crippen molar-refractivity contribution in [2.75, 3.05) is 20.1 Å². The van der Waals surface area contributed by atoms with Gasteiger partial charge >= 0.3 is 0 Å². The smallest absolute Gasteiger partial charge is 0.0240 e. The molecule has 0 amide bonds. The van der Waals surface area contributed by atoms with Gasteiger partial charge in [-0.25, -0.2) is 0 Å². The highest BCUT2D eigenvalue weighted by Gasteiger charge is 2.24. The van der Waals surface area contributed by atoms with Gasteiger partial charge in [0.15, 0.2) is 0 Å². The molecule has 0 saturated heterocycles. The number of rotatable bonds is 6. The number of hydrogen-bond acceptors (Lipinski definition) is 2. The largest absolute Gasteiger partial charge is 0.312 e. The van der Waals surface area contributed by atoms with E-state index >= 15 is 0 Å². The zero-order valence-electron chi connectivity index (χ0n) is 9.51. The van der Waals surface area contributed by atoms with Crippen LogP contribution in [0.5, 0.6) is 0 Å². The topological polar surface area (TPSA) is 15.3 Å². The molecule has 0 aromatic heterocycles. The predicted octanol–water partition coefficient (Wildman–Crippen LogP) is 1.71. The Bertz CT molecular complexity index is 141. The molecule has 1 N–H and O–H groups in total. The van der Waals surface area contributed by atoms with Gasteiger partial charge in [0.1, 0.15) is 0 Å². The van der Waals surface area contributed by atoms with Crippen molar-refractivity contribution in [3.63, 3.8) is 0 Å². The molecule has 13 heavy (non-hydrogen) atoms. The quantitative estimate of drug-likeness (QED) is 0.676. The third kappa shape index (κ3) is 3.65. The van der Waals surface area contributed by atoms with Gasteiger partial charge in [0.2, 0.25) is 0 Å². The molecule has 1 saturated carbocycles. The third-order valence-corrected chi connectivity index (χ3v) is 3.03. The molecule has 0 bridgehead atoms. The number of nitrogens with one attached hydrogen (secondary N) is 1. The van der Waals surface area contributed by atoms with Crippen LogP contribution < -0.4 is 5.32 Å². The highest BCUT2D eigenvalue weighted by atomic mass is 15.2. The second-order valence-electron chi connectivity index (χ2n) is 4.57. The van der Waals surface area contributed by atoms with E-state index in [9.17, 15) is 0 Å². The summed E-state index contributed by atoms with van der Waals surface area (Å²) < 4.78 is 0. The standard InChI is InChI=1S/C11H24N2/c1-5-13(4)11(9(2)3)8-12-10-6-7-10/h9-12H,5-8H2,1-4H3. The molecule has 0 spiro atoms. The Morgan fingerprint density at radius 1 is 1.38 bits per heavy atom. The maximum atomic E-state index is 3.61. The maximum absolute atomic E-state index is 3.61. The highest BCUT2D eigenvalue weighted by Crippen LogP contribution is 2.19. The molecule has 1 aliphatic carbocycles. The van der Waals surface area contributed by atoms with Crippen molar-refractivity contribution < 1.29 is 0 Å². The van der Waals surface area contributed by atoms with Gasteiger partial charge < -0.3 is 10.2 Å². The zero-order chi connectivity index (χ0) is 9.84. The summed E-state index contributed by atoms with van der Waals surface area (Å²) in [6.45, 7) is 9.16. The molecule has 0 radical (unpaired) electrons. The zero-order valence-corrected chi connectivity index (χ0v) is 9.51. The first-order chi connectivity index (χ1) is 6.15. The van der Waals surface area contributed by atoms with Crippen LogP contribution in [-0.4, -0.2) is 37.1 Å². The van der Waals surface area contributed by atoms with Gasteiger partial charge in [-0.1, -0.05) is 20.8 Å². The maximum Gasteiger partial charge on any atom is 0.0240 e. The van der Waals surface area contributed by atoms with Crippen LogP contribution in [-0.2, 0) is 0 Å². The third-order valence-electron chi connectivity index (χ3n) is 3.03. The van der Waals surface area contributed by atoms with Gasteiger partial charge in [-0.3, -0.25) is 0 Å². The molecule has 2 nitrogen and oxygen atoms in total. The summed E-state index contributed by atoms with van der Waals surface area (Å²) in [4.78, 5) is 2.44. The van der Waals surface area contributed by atoms with Gasteiger partial charge in [-0.2, -0.15) is 0 Å². The van der Waals surface area contributed by atoms with Crippen molar-refractivity contribution in [3.8, 4) is 0 Å². The Hall–Kier alpha value is -0.0800. The minimum absolute atomic E-state index is 0.700. The lowest BCUT2D eigenvalue weighted by Gasteiger charge is -2.30. The SMILES string of the molecule is CCN(C)C(CNC1CC1)C(C)C. The summed E-state index contributed by atoms with van der Waals surface area (Å²) >= 11 is 0. The Kier molecular flexibility index (Phi) is 4.20. The monoisotopic (exact) mass is 184 g/mol. The lowest BCUT2D eigenvalue weighted by molar-refractivity contribution is 0.195.